The molecule has 35 heavy (non-hydrogen) atoms. The molecule has 178 valence electrons. The summed E-state index contributed by atoms with van der Waals surface area (Å²) >= 11 is 7.53. The van der Waals surface area contributed by atoms with E-state index in [-0.39, 0.29) is 5.91 Å². The van der Waals surface area contributed by atoms with Crippen LogP contribution in [0.3, 0.4) is 0 Å². The molecule has 1 aliphatic carbocycles. The molecule has 4 aromatic rings. The Morgan fingerprint density at radius 1 is 1.17 bits per heavy atom. The number of rotatable bonds is 5. The van der Waals surface area contributed by atoms with Gasteiger partial charge in [0.15, 0.2) is 5.13 Å². The second kappa shape index (κ2) is 9.37. The van der Waals surface area contributed by atoms with Gasteiger partial charge in [0, 0.05) is 34.3 Å². The van der Waals surface area contributed by atoms with E-state index in [2.05, 4.69) is 20.3 Å². The minimum Gasteiger partial charge on any atom is -0.494 e. The van der Waals surface area contributed by atoms with E-state index in [1.807, 2.05) is 43.3 Å². The number of carbonyl (C=O) groups is 1. The van der Waals surface area contributed by atoms with Gasteiger partial charge in [-0.05, 0) is 37.5 Å². The van der Waals surface area contributed by atoms with Gasteiger partial charge in [-0.1, -0.05) is 41.9 Å². The van der Waals surface area contributed by atoms with E-state index in [1.165, 1.54) is 23.7 Å². The number of hydrogen-bond donors (Lipinski definition) is 2. The standard InChI is InChI=1S/C26H23ClN4O3S/c1-15-10-17(18-11-23(27)29-14-21(18)34-2)19(13-28-15)24(32)31-25-30-20-8-9-26(33,12-22(20)35-25)16-6-4-3-5-7-16/h3-7,10-11,13-14,33H,8-9,12H2,1-2H3,(H,30,31,32). The zero-order valence-electron chi connectivity index (χ0n) is 19.2. The third kappa shape index (κ3) is 4.65. The van der Waals surface area contributed by atoms with Crippen LogP contribution in [0.5, 0.6) is 5.75 Å². The molecule has 0 saturated heterocycles. The maximum atomic E-state index is 13.3. The monoisotopic (exact) mass is 506 g/mol. The highest BCUT2D eigenvalue weighted by Gasteiger charge is 2.36. The number of hydrogen-bond acceptors (Lipinski definition) is 7. The number of aliphatic hydroxyl groups is 1. The predicted octanol–water partition coefficient (Wildman–Crippen LogP) is 5.20. The Bertz CT molecular complexity index is 1410. The maximum Gasteiger partial charge on any atom is 0.259 e. The number of thiazole rings is 1. The molecule has 2 N–H and O–H groups in total. The van der Waals surface area contributed by atoms with Crippen LogP contribution >= 0.6 is 22.9 Å². The van der Waals surface area contributed by atoms with E-state index in [0.717, 1.165) is 21.8 Å². The number of amides is 1. The number of ether oxygens (including phenoxy) is 1. The van der Waals surface area contributed by atoms with Gasteiger partial charge in [-0.25, -0.2) is 9.97 Å². The smallest absolute Gasteiger partial charge is 0.259 e. The van der Waals surface area contributed by atoms with E-state index in [4.69, 9.17) is 16.3 Å². The van der Waals surface area contributed by atoms with Crippen molar-refractivity contribution in [2.75, 3.05) is 12.4 Å². The van der Waals surface area contributed by atoms with Crippen LogP contribution in [-0.2, 0) is 18.4 Å². The van der Waals surface area contributed by atoms with E-state index >= 15 is 0 Å². The first-order chi connectivity index (χ1) is 16.9. The number of benzene rings is 1. The fraction of sp³-hybridized carbons (Fsp3) is 0.231. The van der Waals surface area contributed by atoms with Gasteiger partial charge < -0.3 is 9.84 Å². The van der Waals surface area contributed by atoms with E-state index in [0.29, 0.717) is 52.0 Å². The topological polar surface area (TPSA) is 97.2 Å². The average molecular weight is 507 g/mol. The molecule has 1 atom stereocenters. The van der Waals surface area contributed by atoms with Crippen molar-refractivity contribution >= 4 is 34.0 Å². The lowest BCUT2D eigenvalue weighted by molar-refractivity contribution is 0.0228. The van der Waals surface area contributed by atoms with Crippen LogP contribution in [0.15, 0.2) is 54.9 Å². The molecule has 1 amide bonds. The molecule has 7 nitrogen and oxygen atoms in total. The summed E-state index contributed by atoms with van der Waals surface area (Å²) < 4.78 is 5.45. The van der Waals surface area contributed by atoms with Crippen LogP contribution in [0.4, 0.5) is 5.13 Å². The summed E-state index contributed by atoms with van der Waals surface area (Å²) in [5, 5.41) is 15.0. The molecular formula is C26H23ClN4O3S. The lowest BCUT2D eigenvalue weighted by atomic mass is 9.81. The fourth-order valence-corrected chi connectivity index (χ4v) is 5.63. The summed E-state index contributed by atoms with van der Waals surface area (Å²) in [5.74, 6) is 0.158. The molecule has 0 fully saturated rings. The molecule has 1 aromatic carbocycles. The summed E-state index contributed by atoms with van der Waals surface area (Å²) in [4.78, 5) is 27.4. The lowest BCUT2D eigenvalue weighted by Gasteiger charge is -2.31. The van der Waals surface area contributed by atoms with Crippen LogP contribution in [-0.4, -0.2) is 33.1 Å². The van der Waals surface area contributed by atoms with Gasteiger partial charge >= 0.3 is 0 Å². The molecule has 9 heteroatoms. The van der Waals surface area contributed by atoms with Crippen LogP contribution in [0.1, 0.15) is 38.6 Å². The van der Waals surface area contributed by atoms with Crippen molar-refractivity contribution < 1.29 is 14.6 Å². The Labute approximate surface area is 211 Å². The largest absolute Gasteiger partial charge is 0.494 e. The molecule has 3 heterocycles. The number of nitrogens with zero attached hydrogens (tertiary/aromatic N) is 3. The van der Waals surface area contributed by atoms with Crippen LogP contribution in [0.2, 0.25) is 5.15 Å². The molecule has 0 bridgehead atoms. The SMILES string of the molecule is COc1cnc(Cl)cc1-c1cc(C)ncc1C(=O)Nc1nc2c(s1)CC(O)(c1ccccc1)CC2. The highest BCUT2D eigenvalue weighted by molar-refractivity contribution is 7.15. The predicted molar refractivity (Wildman–Crippen MR) is 136 cm³/mol. The summed E-state index contributed by atoms with van der Waals surface area (Å²) in [6, 6.07) is 13.2. The van der Waals surface area contributed by atoms with Gasteiger partial charge in [-0.3, -0.25) is 15.1 Å². The number of halogens is 1. The summed E-state index contributed by atoms with van der Waals surface area (Å²) in [5.41, 5.74) is 3.26. The van der Waals surface area contributed by atoms with Gasteiger partial charge in [0.05, 0.1) is 30.2 Å². The quantitative estimate of drug-likeness (QED) is 0.361. The second-order valence-electron chi connectivity index (χ2n) is 8.50. The molecule has 1 unspecified atom stereocenters. The fourth-order valence-electron chi connectivity index (χ4n) is 4.36. The molecule has 0 radical (unpaired) electrons. The Hall–Kier alpha value is -3.33. The lowest BCUT2D eigenvalue weighted by Crippen LogP contribution is -2.32. The highest BCUT2D eigenvalue weighted by atomic mass is 35.5. The van der Waals surface area contributed by atoms with Gasteiger partial charge in [0.2, 0.25) is 0 Å². The number of fused-ring (bicyclic) bond motifs is 1. The molecular weight excluding hydrogens is 484 g/mol. The van der Waals surface area contributed by atoms with E-state index in [1.54, 1.807) is 13.2 Å². The van der Waals surface area contributed by atoms with Crippen LogP contribution in [0.25, 0.3) is 11.1 Å². The van der Waals surface area contributed by atoms with Crippen LogP contribution < -0.4 is 10.1 Å². The van der Waals surface area contributed by atoms with Crippen molar-refractivity contribution in [3.8, 4) is 16.9 Å². The van der Waals surface area contributed by atoms with Crippen molar-refractivity contribution in [3.63, 3.8) is 0 Å². The summed E-state index contributed by atoms with van der Waals surface area (Å²) in [6.07, 6.45) is 4.74. The molecule has 0 spiro atoms. The molecule has 0 saturated carbocycles. The Morgan fingerprint density at radius 3 is 2.74 bits per heavy atom. The first-order valence-corrected chi connectivity index (χ1v) is 12.3. The Balaban J connectivity index is 1.43. The van der Waals surface area contributed by atoms with E-state index < -0.39 is 5.60 Å². The minimum absolute atomic E-state index is 0.292. The highest BCUT2D eigenvalue weighted by Crippen LogP contribution is 2.40. The first-order valence-electron chi connectivity index (χ1n) is 11.1. The zero-order valence-corrected chi connectivity index (χ0v) is 20.8. The van der Waals surface area contributed by atoms with E-state index in [9.17, 15) is 9.90 Å². The van der Waals surface area contributed by atoms with Crippen molar-refractivity contribution in [3.05, 3.63) is 87.4 Å². The molecule has 1 aliphatic rings. The number of nitrogens with one attached hydrogen (secondary N) is 1. The number of aryl methyl sites for hydroxylation is 2. The molecule has 5 rings (SSSR count). The van der Waals surface area contributed by atoms with Crippen molar-refractivity contribution in [2.24, 2.45) is 0 Å². The molecule has 0 aliphatic heterocycles. The van der Waals surface area contributed by atoms with Gasteiger partial charge in [-0.15, -0.1) is 11.3 Å². The van der Waals surface area contributed by atoms with Crippen LogP contribution in [0, 0.1) is 6.92 Å². The van der Waals surface area contributed by atoms with Crippen molar-refractivity contribution in [1.29, 1.82) is 0 Å². The normalized spacial score (nSPS) is 17.0. The number of aromatic nitrogens is 3. The average Bonchev–Trinajstić information content (AvgIpc) is 3.25. The van der Waals surface area contributed by atoms with Gasteiger partial charge in [0.1, 0.15) is 10.9 Å². The Kier molecular flexibility index (Phi) is 6.27. The first kappa shape index (κ1) is 23.4. The third-order valence-corrected chi connectivity index (χ3v) is 7.39. The van der Waals surface area contributed by atoms with Crippen molar-refractivity contribution in [1.82, 2.24) is 15.0 Å². The van der Waals surface area contributed by atoms with Gasteiger partial charge in [-0.2, -0.15) is 0 Å². The minimum atomic E-state index is -0.937. The summed E-state index contributed by atoms with van der Waals surface area (Å²) in [6.45, 7) is 1.85. The summed E-state index contributed by atoms with van der Waals surface area (Å²) in [7, 11) is 1.54. The zero-order chi connectivity index (χ0) is 24.6. The number of carbonyl (C=O) groups excluding carboxylic acids is 1. The second-order valence-corrected chi connectivity index (χ2v) is 9.97. The number of pyridine rings is 2. The number of anilines is 1. The third-order valence-electron chi connectivity index (χ3n) is 6.17. The Morgan fingerprint density at radius 2 is 1.97 bits per heavy atom. The molecule has 3 aromatic heterocycles. The van der Waals surface area contributed by atoms with Crippen molar-refractivity contribution in [2.45, 2.75) is 31.8 Å². The maximum absolute atomic E-state index is 13.3. The number of methoxy groups -OCH3 is 1. The van der Waals surface area contributed by atoms with Gasteiger partial charge in [0.25, 0.3) is 5.91 Å².